The van der Waals surface area contributed by atoms with Crippen LogP contribution in [0.3, 0.4) is 0 Å². The summed E-state index contributed by atoms with van der Waals surface area (Å²) < 4.78 is 7.10. The lowest BCUT2D eigenvalue weighted by Crippen LogP contribution is -2.47. The topological polar surface area (TPSA) is 47.4 Å². The van der Waals surface area contributed by atoms with Crippen molar-refractivity contribution in [3.63, 3.8) is 0 Å². The lowest BCUT2D eigenvalue weighted by molar-refractivity contribution is 0.00359. The van der Waals surface area contributed by atoms with Gasteiger partial charge in [-0.2, -0.15) is 5.10 Å². The number of amides is 1. The van der Waals surface area contributed by atoms with Crippen LogP contribution in [-0.2, 0) is 11.3 Å². The Morgan fingerprint density at radius 3 is 3.05 bits per heavy atom. The van der Waals surface area contributed by atoms with Crippen LogP contribution in [0.5, 0.6) is 0 Å². The molecule has 0 unspecified atom stereocenters. The number of ether oxygens (including phenoxy) is 1. The number of hydrogen-bond donors (Lipinski definition) is 0. The number of rotatable bonds is 3. The summed E-state index contributed by atoms with van der Waals surface area (Å²) in [6.07, 6.45) is 3.38. The van der Waals surface area contributed by atoms with Gasteiger partial charge >= 0.3 is 0 Å². The maximum absolute atomic E-state index is 12.5. The van der Waals surface area contributed by atoms with Crippen LogP contribution in [0.15, 0.2) is 36.7 Å². The fourth-order valence-corrected chi connectivity index (χ4v) is 2.75. The molecule has 1 aliphatic rings. The van der Waals surface area contributed by atoms with Crippen LogP contribution in [0, 0.1) is 0 Å². The Morgan fingerprint density at radius 2 is 2.27 bits per heavy atom. The molecule has 0 radical (unpaired) electrons. The van der Waals surface area contributed by atoms with Crippen molar-refractivity contribution in [1.29, 1.82) is 0 Å². The first-order chi connectivity index (χ1) is 10.6. The highest BCUT2D eigenvalue weighted by Crippen LogP contribution is 2.17. The fraction of sp³-hybridized carbons (Fsp3) is 0.375. The quantitative estimate of drug-likeness (QED) is 0.873. The molecule has 3 rings (SSSR count). The summed E-state index contributed by atoms with van der Waals surface area (Å²) in [5, 5.41) is 4.97. The lowest BCUT2D eigenvalue weighted by Gasteiger charge is -2.32. The minimum atomic E-state index is 0.00112. The second-order valence-electron chi connectivity index (χ2n) is 5.44. The smallest absolute Gasteiger partial charge is 0.257 e. The molecule has 0 N–H and O–H groups in total. The Balaban J connectivity index is 1.73. The number of nitrogens with zero attached hydrogens (tertiary/aromatic N) is 3. The Labute approximate surface area is 134 Å². The molecule has 1 amide bonds. The Hall–Kier alpha value is -1.85. The van der Waals surface area contributed by atoms with Crippen molar-refractivity contribution in [3.8, 4) is 0 Å². The van der Waals surface area contributed by atoms with E-state index in [1.165, 1.54) is 0 Å². The molecule has 0 bridgehead atoms. The molecule has 0 spiro atoms. The summed E-state index contributed by atoms with van der Waals surface area (Å²) in [5.74, 6) is 0.00112. The van der Waals surface area contributed by atoms with E-state index in [-0.39, 0.29) is 11.9 Å². The number of carbonyl (C=O) groups is 1. The lowest BCUT2D eigenvalue weighted by atomic mass is 10.2. The highest BCUT2D eigenvalue weighted by molar-refractivity contribution is 6.31. The molecule has 1 fully saturated rings. The highest BCUT2D eigenvalue weighted by atomic mass is 35.5. The third kappa shape index (κ3) is 3.15. The molecule has 0 saturated carbocycles. The molecule has 116 valence electrons. The van der Waals surface area contributed by atoms with Gasteiger partial charge in [-0.05, 0) is 18.6 Å². The highest BCUT2D eigenvalue weighted by Gasteiger charge is 2.25. The van der Waals surface area contributed by atoms with Crippen LogP contribution in [0.1, 0.15) is 22.8 Å². The van der Waals surface area contributed by atoms with Gasteiger partial charge < -0.3 is 9.64 Å². The van der Waals surface area contributed by atoms with Gasteiger partial charge in [0.25, 0.3) is 5.91 Å². The van der Waals surface area contributed by atoms with Crippen LogP contribution in [0.4, 0.5) is 0 Å². The van der Waals surface area contributed by atoms with Crippen molar-refractivity contribution in [2.45, 2.75) is 19.5 Å². The van der Waals surface area contributed by atoms with E-state index in [1.54, 1.807) is 17.1 Å². The predicted molar refractivity (Wildman–Crippen MR) is 84.1 cm³/mol. The summed E-state index contributed by atoms with van der Waals surface area (Å²) in [6, 6.07) is 7.72. The average molecular weight is 320 g/mol. The predicted octanol–water partition coefficient (Wildman–Crippen LogP) is 2.45. The van der Waals surface area contributed by atoms with E-state index in [2.05, 4.69) is 5.10 Å². The van der Waals surface area contributed by atoms with E-state index in [9.17, 15) is 4.79 Å². The standard InChI is InChI=1S/C16H18ClN3O2/c1-12-11-22-7-6-20(12)16(21)14-8-18-19(10-14)9-13-4-2-3-5-15(13)17/h2-5,8,10,12H,6-7,9,11H2,1H3/t12-/m1/s1. The molecule has 2 heterocycles. The van der Waals surface area contributed by atoms with E-state index in [4.69, 9.17) is 16.3 Å². The van der Waals surface area contributed by atoms with Gasteiger partial charge in [0.05, 0.1) is 37.6 Å². The largest absolute Gasteiger partial charge is 0.377 e. The Kier molecular flexibility index (Phi) is 4.45. The zero-order valence-corrected chi connectivity index (χ0v) is 13.2. The normalized spacial score (nSPS) is 18.5. The van der Waals surface area contributed by atoms with E-state index < -0.39 is 0 Å². The van der Waals surface area contributed by atoms with Gasteiger partial charge in [0.15, 0.2) is 0 Å². The number of hydrogen-bond acceptors (Lipinski definition) is 3. The molecule has 0 aliphatic carbocycles. The van der Waals surface area contributed by atoms with E-state index in [0.29, 0.717) is 36.9 Å². The van der Waals surface area contributed by atoms with Crippen molar-refractivity contribution in [2.24, 2.45) is 0 Å². The van der Waals surface area contributed by atoms with Gasteiger partial charge in [0, 0.05) is 17.8 Å². The maximum Gasteiger partial charge on any atom is 0.257 e. The van der Waals surface area contributed by atoms with Crippen molar-refractivity contribution in [3.05, 3.63) is 52.8 Å². The first kappa shape index (κ1) is 15.1. The second-order valence-corrected chi connectivity index (χ2v) is 5.85. The Bertz CT molecular complexity index is 671. The van der Waals surface area contributed by atoms with Crippen LogP contribution >= 0.6 is 11.6 Å². The molecule has 22 heavy (non-hydrogen) atoms. The molecular weight excluding hydrogens is 302 g/mol. The van der Waals surface area contributed by atoms with Crippen molar-refractivity contribution in [2.75, 3.05) is 19.8 Å². The molecule has 6 heteroatoms. The summed E-state index contributed by atoms with van der Waals surface area (Å²) in [4.78, 5) is 14.4. The van der Waals surface area contributed by atoms with Crippen LogP contribution in [0.25, 0.3) is 0 Å². The summed E-state index contributed by atoms with van der Waals surface area (Å²) >= 11 is 6.15. The first-order valence-electron chi connectivity index (χ1n) is 7.29. The molecule has 2 aromatic rings. The SMILES string of the molecule is C[C@@H]1COCCN1C(=O)c1cnn(Cc2ccccc2Cl)c1. The van der Waals surface area contributed by atoms with E-state index in [1.807, 2.05) is 36.1 Å². The van der Waals surface area contributed by atoms with Crippen LogP contribution < -0.4 is 0 Å². The average Bonchev–Trinajstić information content (AvgIpc) is 2.98. The number of aromatic nitrogens is 2. The number of benzene rings is 1. The monoisotopic (exact) mass is 319 g/mol. The van der Waals surface area contributed by atoms with Crippen molar-refractivity contribution >= 4 is 17.5 Å². The van der Waals surface area contributed by atoms with Gasteiger partial charge in [0.1, 0.15) is 0 Å². The van der Waals surface area contributed by atoms with Gasteiger partial charge in [-0.25, -0.2) is 0 Å². The molecule has 1 aromatic heterocycles. The van der Waals surface area contributed by atoms with E-state index in [0.717, 1.165) is 5.56 Å². The zero-order chi connectivity index (χ0) is 15.5. The minimum Gasteiger partial charge on any atom is -0.377 e. The van der Waals surface area contributed by atoms with Crippen molar-refractivity contribution < 1.29 is 9.53 Å². The summed E-state index contributed by atoms with van der Waals surface area (Å²) in [7, 11) is 0. The third-order valence-corrected chi connectivity index (χ3v) is 4.17. The number of carbonyl (C=O) groups excluding carboxylic acids is 1. The minimum absolute atomic E-state index is 0.00112. The second kappa shape index (κ2) is 6.50. The van der Waals surface area contributed by atoms with Gasteiger partial charge in [0.2, 0.25) is 0 Å². The van der Waals surface area contributed by atoms with Crippen LogP contribution in [0.2, 0.25) is 5.02 Å². The number of halogens is 1. The maximum atomic E-state index is 12.5. The number of morpholine rings is 1. The zero-order valence-electron chi connectivity index (χ0n) is 12.4. The molecule has 1 atom stereocenters. The fourth-order valence-electron chi connectivity index (χ4n) is 2.56. The molecular formula is C16H18ClN3O2. The van der Waals surface area contributed by atoms with Crippen LogP contribution in [-0.4, -0.2) is 46.4 Å². The molecule has 1 aliphatic heterocycles. The van der Waals surface area contributed by atoms with Gasteiger partial charge in [-0.1, -0.05) is 29.8 Å². The van der Waals surface area contributed by atoms with Gasteiger partial charge in [-0.15, -0.1) is 0 Å². The molecule has 1 saturated heterocycles. The summed E-state index contributed by atoms with van der Waals surface area (Å²) in [6.45, 7) is 4.33. The van der Waals surface area contributed by atoms with Gasteiger partial charge in [-0.3, -0.25) is 9.48 Å². The molecule has 5 nitrogen and oxygen atoms in total. The first-order valence-corrected chi connectivity index (χ1v) is 7.67. The van der Waals surface area contributed by atoms with Crippen molar-refractivity contribution in [1.82, 2.24) is 14.7 Å². The Morgan fingerprint density at radius 1 is 1.45 bits per heavy atom. The summed E-state index contributed by atoms with van der Waals surface area (Å²) in [5.41, 5.74) is 1.58. The molecule has 1 aromatic carbocycles. The third-order valence-electron chi connectivity index (χ3n) is 3.80. The van der Waals surface area contributed by atoms with E-state index >= 15 is 0 Å².